The second-order valence-corrected chi connectivity index (χ2v) is 5.54. The minimum Gasteiger partial charge on any atom is -0.298 e. The van der Waals surface area contributed by atoms with Crippen molar-refractivity contribution in [1.29, 1.82) is 0 Å². The lowest BCUT2D eigenvalue weighted by Gasteiger charge is -2.06. The van der Waals surface area contributed by atoms with Crippen LogP contribution in [0.1, 0.15) is 21.7 Å². The van der Waals surface area contributed by atoms with Crippen LogP contribution in [0.25, 0.3) is 0 Å². The van der Waals surface area contributed by atoms with Crippen molar-refractivity contribution in [1.82, 2.24) is 9.97 Å². The van der Waals surface area contributed by atoms with E-state index >= 15 is 0 Å². The first-order chi connectivity index (χ1) is 9.11. The van der Waals surface area contributed by atoms with E-state index in [1.54, 1.807) is 11.8 Å². The predicted molar refractivity (Wildman–Crippen MR) is 78.2 cm³/mol. The fourth-order valence-corrected chi connectivity index (χ4v) is 2.88. The maximum Gasteiger partial charge on any atom is 0.156 e. The number of carbonyl (C=O) groups is 1. The molecule has 98 valence electrons. The summed E-state index contributed by atoms with van der Waals surface area (Å²) in [4.78, 5) is 20.0. The zero-order chi connectivity index (χ0) is 13.8. The Morgan fingerprint density at radius 2 is 1.84 bits per heavy atom. The van der Waals surface area contributed by atoms with Gasteiger partial charge in [-0.15, -0.1) is 11.8 Å². The second kappa shape index (κ2) is 6.37. The molecule has 0 fully saturated rings. The number of hydrogen-bond acceptors (Lipinski definition) is 4. The molecular weight excluding hydrogens is 303 g/mol. The van der Waals surface area contributed by atoms with E-state index in [4.69, 9.17) is 23.2 Å². The van der Waals surface area contributed by atoms with Crippen molar-refractivity contribution in [3.05, 3.63) is 51.5 Å². The molecule has 6 heteroatoms. The Morgan fingerprint density at radius 3 is 2.42 bits per heavy atom. The van der Waals surface area contributed by atoms with E-state index in [-0.39, 0.29) is 15.9 Å². The molecule has 1 aromatic carbocycles. The van der Waals surface area contributed by atoms with Crippen molar-refractivity contribution >= 4 is 41.2 Å². The van der Waals surface area contributed by atoms with Crippen molar-refractivity contribution in [3.63, 3.8) is 0 Å². The quantitative estimate of drug-likeness (QED) is 0.482. The van der Waals surface area contributed by atoms with Crippen molar-refractivity contribution in [2.45, 2.75) is 17.6 Å². The first-order valence-corrected chi connectivity index (χ1v) is 7.21. The van der Waals surface area contributed by atoms with Crippen LogP contribution in [-0.4, -0.2) is 16.3 Å². The summed E-state index contributed by atoms with van der Waals surface area (Å²) in [5.41, 5.74) is 1.32. The van der Waals surface area contributed by atoms with Crippen LogP contribution >= 0.6 is 35.0 Å². The summed E-state index contributed by atoms with van der Waals surface area (Å²) in [7, 11) is 0. The smallest absolute Gasteiger partial charge is 0.156 e. The van der Waals surface area contributed by atoms with E-state index in [0.717, 1.165) is 4.90 Å². The van der Waals surface area contributed by atoms with Gasteiger partial charge in [0.05, 0.1) is 11.3 Å². The first-order valence-electron chi connectivity index (χ1n) is 5.47. The SMILES string of the molecule is Cc1ccccc1SCc1nc(Cl)c(C=O)c(Cl)n1. The van der Waals surface area contributed by atoms with E-state index in [1.807, 2.05) is 31.2 Å². The molecule has 0 amide bonds. The maximum atomic E-state index is 10.7. The highest BCUT2D eigenvalue weighted by Crippen LogP contribution is 2.26. The van der Waals surface area contributed by atoms with Gasteiger partial charge < -0.3 is 0 Å². The fourth-order valence-electron chi connectivity index (χ4n) is 1.48. The highest BCUT2D eigenvalue weighted by Gasteiger charge is 2.11. The third kappa shape index (κ3) is 3.47. The molecule has 0 aliphatic heterocycles. The van der Waals surface area contributed by atoms with Crippen LogP contribution in [0, 0.1) is 6.92 Å². The van der Waals surface area contributed by atoms with Crippen LogP contribution in [-0.2, 0) is 5.75 Å². The lowest BCUT2D eigenvalue weighted by Crippen LogP contribution is -1.99. The zero-order valence-corrected chi connectivity index (χ0v) is 12.4. The normalized spacial score (nSPS) is 10.5. The molecule has 0 spiro atoms. The van der Waals surface area contributed by atoms with Crippen molar-refractivity contribution in [3.8, 4) is 0 Å². The fraction of sp³-hybridized carbons (Fsp3) is 0.154. The third-order valence-corrected chi connectivity index (χ3v) is 4.21. The van der Waals surface area contributed by atoms with Gasteiger partial charge in [-0.2, -0.15) is 0 Å². The van der Waals surface area contributed by atoms with Gasteiger partial charge in [0.25, 0.3) is 0 Å². The third-order valence-electron chi connectivity index (χ3n) is 2.47. The summed E-state index contributed by atoms with van der Waals surface area (Å²) in [6.45, 7) is 2.04. The zero-order valence-electron chi connectivity index (χ0n) is 10.1. The molecule has 1 heterocycles. The minimum atomic E-state index is 0.0929. The number of thioether (sulfide) groups is 1. The number of carbonyl (C=O) groups excluding carboxylic acids is 1. The van der Waals surface area contributed by atoms with E-state index in [0.29, 0.717) is 17.9 Å². The van der Waals surface area contributed by atoms with Crippen molar-refractivity contribution < 1.29 is 4.79 Å². The second-order valence-electron chi connectivity index (χ2n) is 3.81. The number of halogens is 2. The van der Waals surface area contributed by atoms with Crippen LogP contribution in [0.5, 0.6) is 0 Å². The topological polar surface area (TPSA) is 42.9 Å². The number of rotatable bonds is 4. The Morgan fingerprint density at radius 1 is 1.21 bits per heavy atom. The van der Waals surface area contributed by atoms with Crippen molar-refractivity contribution in [2.75, 3.05) is 0 Å². The monoisotopic (exact) mass is 312 g/mol. The number of benzene rings is 1. The van der Waals surface area contributed by atoms with Gasteiger partial charge in [-0.25, -0.2) is 9.97 Å². The number of aldehydes is 1. The molecule has 0 saturated heterocycles. The molecule has 1 aromatic heterocycles. The molecule has 2 rings (SSSR count). The summed E-state index contributed by atoms with van der Waals surface area (Å²) in [6, 6.07) is 8.04. The summed E-state index contributed by atoms with van der Waals surface area (Å²) < 4.78 is 0. The lowest BCUT2D eigenvalue weighted by molar-refractivity contribution is 0.112. The molecule has 0 radical (unpaired) electrons. The molecule has 0 aliphatic rings. The van der Waals surface area contributed by atoms with Gasteiger partial charge in [-0.3, -0.25) is 4.79 Å². The number of aryl methyl sites for hydroxylation is 1. The molecule has 0 unspecified atom stereocenters. The molecule has 0 N–H and O–H groups in total. The summed E-state index contributed by atoms with van der Waals surface area (Å²) in [5.74, 6) is 1.05. The average molecular weight is 313 g/mol. The van der Waals surface area contributed by atoms with E-state index < -0.39 is 0 Å². The first kappa shape index (κ1) is 14.3. The van der Waals surface area contributed by atoms with Crippen LogP contribution in [0.15, 0.2) is 29.2 Å². The van der Waals surface area contributed by atoms with Gasteiger partial charge in [0.1, 0.15) is 16.1 Å². The number of nitrogens with zero attached hydrogens (tertiary/aromatic N) is 2. The van der Waals surface area contributed by atoms with Gasteiger partial charge >= 0.3 is 0 Å². The molecular formula is C13H10Cl2N2OS. The van der Waals surface area contributed by atoms with Crippen LogP contribution < -0.4 is 0 Å². The summed E-state index contributed by atoms with van der Waals surface area (Å²) in [6.07, 6.45) is 0.558. The maximum absolute atomic E-state index is 10.7. The van der Waals surface area contributed by atoms with Gasteiger partial charge in [-0.05, 0) is 18.6 Å². The molecule has 19 heavy (non-hydrogen) atoms. The van der Waals surface area contributed by atoms with E-state index in [1.165, 1.54) is 5.56 Å². The molecule has 0 aliphatic carbocycles. The van der Waals surface area contributed by atoms with E-state index in [9.17, 15) is 4.79 Å². The molecule has 2 aromatic rings. The Labute approximate surface area is 125 Å². The minimum absolute atomic E-state index is 0.0929. The van der Waals surface area contributed by atoms with E-state index in [2.05, 4.69) is 9.97 Å². The number of hydrogen-bond donors (Lipinski definition) is 0. The highest BCUT2D eigenvalue weighted by atomic mass is 35.5. The standard InChI is InChI=1S/C13H10Cl2N2OS/c1-8-4-2-3-5-10(8)19-7-11-16-12(14)9(6-18)13(15)17-11/h2-6H,7H2,1H3. The lowest BCUT2D eigenvalue weighted by atomic mass is 10.2. The van der Waals surface area contributed by atoms with Crippen LogP contribution in [0.2, 0.25) is 10.3 Å². The van der Waals surface area contributed by atoms with Gasteiger partial charge in [0.2, 0.25) is 0 Å². The summed E-state index contributed by atoms with van der Waals surface area (Å²) in [5, 5.41) is 0.186. The Kier molecular flexibility index (Phi) is 4.80. The highest BCUT2D eigenvalue weighted by molar-refractivity contribution is 7.98. The molecule has 3 nitrogen and oxygen atoms in total. The summed E-state index contributed by atoms with van der Waals surface area (Å²) >= 11 is 13.3. The van der Waals surface area contributed by atoms with Gasteiger partial charge in [0.15, 0.2) is 6.29 Å². The average Bonchev–Trinajstić information content (AvgIpc) is 2.37. The van der Waals surface area contributed by atoms with Crippen LogP contribution in [0.3, 0.4) is 0 Å². The molecule has 0 bridgehead atoms. The van der Waals surface area contributed by atoms with Crippen LogP contribution in [0.4, 0.5) is 0 Å². The van der Waals surface area contributed by atoms with Gasteiger partial charge in [0, 0.05) is 4.90 Å². The molecule has 0 saturated carbocycles. The Bertz CT molecular complexity index is 596. The Hall–Kier alpha value is -1.10. The largest absolute Gasteiger partial charge is 0.298 e. The Balaban J connectivity index is 2.17. The van der Waals surface area contributed by atoms with Gasteiger partial charge in [-0.1, -0.05) is 41.4 Å². The number of aromatic nitrogens is 2. The van der Waals surface area contributed by atoms with Crippen molar-refractivity contribution in [2.24, 2.45) is 0 Å². The molecule has 0 atom stereocenters. The predicted octanol–water partition coefficient (Wildman–Crippen LogP) is 4.20.